The molecule has 0 unspecified atom stereocenters. The Hall–Kier alpha value is -1.26. The van der Waals surface area contributed by atoms with Gasteiger partial charge >= 0.3 is 0 Å². The number of benzene rings is 1. The van der Waals surface area contributed by atoms with Gasteiger partial charge < -0.3 is 14.0 Å². The molecular formula is C16H21ClN2O2. The van der Waals surface area contributed by atoms with Gasteiger partial charge in [-0.3, -0.25) is 0 Å². The smallest absolute Gasteiger partial charge is 0.124 e. The van der Waals surface area contributed by atoms with Gasteiger partial charge in [0.2, 0.25) is 0 Å². The van der Waals surface area contributed by atoms with E-state index >= 15 is 0 Å². The fourth-order valence-corrected chi connectivity index (χ4v) is 2.69. The zero-order valence-corrected chi connectivity index (χ0v) is 13.1. The van der Waals surface area contributed by atoms with E-state index in [1.54, 1.807) is 7.11 Å². The minimum Gasteiger partial charge on any atom is -0.497 e. The summed E-state index contributed by atoms with van der Waals surface area (Å²) in [5, 5.41) is 0. The van der Waals surface area contributed by atoms with E-state index in [0.29, 0.717) is 5.88 Å². The summed E-state index contributed by atoms with van der Waals surface area (Å²) in [5.41, 5.74) is 2.04. The van der Waals surface area contributed by atoms with Crippen LogP contribution in [0.1, 0.15) is 25.1 Å². The van der Waals surface area contributed by atoms with E-state index in [1.807, 2.05) is 18.2 Å². The molecule has 21 heavy (non-hydrogen) atoms. The molecule has 0 radical (unpaired) electrons. The molecule has 1 aliphatic rings. The van der Waals surface area contributed by atoms with Crippen LogP contribution in [0.4, 0.5) is 0 Å². The Bertz CT molecular complexity index is 608. The molecule has 1 saturated carbocycles. The van der Waals surface area contributed by atoms with Crippen molar-refractivity contribution < 1.29 is 9.47 Å². The van der Waals surface area contributed by atoms with Gasteiger partial charge in [-0.15, -0.1) is 11.6 Å². The fraction of sp³-hybridized carbons (Fsp3) is 0.562. The molecule has 1 heterocycles. The van der Waals surface area contributed by atoms with E-state index in [4.69, 9.17) is 21.1 Å². The highest BCUT2D eigenvalue weighted by molar-refractivity contribution is 6.16. The fourth-order valence-electron chi connectivity index (χ4n) is 2.49. The molecular weight excluding hydrogens is 288 g/mol. The molecule has 0 N–H and O–H groups in total. The van der Waals surface area contributed by atoms with Crippen LogP contribution < -0.4 is 4.74 Å². The van der Waals surface area contributed by atoms with Crippen molar-refractivity contribution in [2.45, 2.75) is 31.7 Å². The minimum absolute atomic E-state index is 0.417. The van der Waals surface area contributed by atoms with E-state index in [-0.39, 0.29) is 0 Å². The maximum absolute atomic E-state index is 6.02. The molecule has 4 nitrogen and oxygen atoms in total. The molecule has 0 spiro atoms. The highest BCUT2D eigenvalue weighted by Gasteiger charge is 2.20. The van der Waals surface area contributed by atoms with Crippen LogP contribution in [0.15, 0.2) is 18.2 Å². The lowest BCUT2D eigenvalue weighted by molar-refractivity contribution is 0.119. The maximum Gasteiger partial charge on any atom is 0.124 e. The molecule has 3 rings (SSSR count). The van der Waals surface area contributed by atoms with Gasteiger partial charge in [0.05, 0.1) is 24.0 Å². The number of rotatable bonds is 8. The largest absolute Gasteiger partial charge is 0.497 e. The van der Waals surface area contributed by atoms with Gasteiger partial charge in [0, 0.05) is 25.8 Å². The monoisotopic (exact) mass is 308 g/mol. The van der Waals surface area contributed by atoms with E-state index < -0.39 is 0 Å². The van der Waals surface area contributed by atoms with Gasteiger partial charge in [0.1, 0.15) is 11.6 Å². The number of ether oxygens (including phenoxy) is 2. The highest BCUT2D eigenvalue weighted by Crippen LogP contribution is 2.28. The van der Waals surface area contributed by atoms with Gasteiger partial charge in [-0.1, -0.05) is 0 Å². The quantitative estimate of drug-likeness (QED) is 0.552. The third-order valence-corrected chi connectivity index (χ3v) is 4.11. The van der Waals surface area contributed by atoms with Crippen LogP contribution in [-0.4, -0.2) is 29.9 Å². The molecule has 2 aromatic rings. The van der Waals surface area contributed by atoms with E-state index in [2.05, 4.69) is 9.55 Å². The third-order valence-electron chi connectivity index (χ3n) is 3.87. The Kier molecular flexibility index (Phi) is 4.66. The van der Waals surface area contributed by atoms with Crippen LogP contribution in [0, 0.1) is 5.92 Å². The number of alkyl halides is 1. The average Bonchev–Trinajstić information content (AvgIpc) is 3.27. The summed E-state index contributed by atoms with van der Waals surface area (Å²) >= 11 is 6.02. The predicted molar refractivity (Wildman–Crippen MR) is 84.0 cm³/mol. The van der Waals surface area contributed by atoms with Crippen LogP contribution >= 0.6 is 11.6 Å². The van der Waals surface area contributed by atoms with E-state index in [0.717, 1.165) is 54.7 Å². The highest BCUT2D eigenvalue weighted by atomic mass is 35.5. The van der Waals surface area contributed by atoms with Crippen LogP contribution in [0.25, 0.3) is 11.0 Å². The first kappa shape index (κ1) is 14.7. The molecule has 0 atom stereocenters. The number of methoxy groups -OCH3 is 1. The first-order valence-electron chi connectivity index (χ1n) is 7.48. The van der Waals surface area contributed by atoms with Crippen LogP contribution in [0.2, 0.25) is 0 Å². The SMILES string of the molecule is COc1ccc2nc(CCl)n(CCCOCC3CC3)c2c1. The Morgan fingerprint density at radius 3 is 2.95 bits per heavy atom. The number of nitrogens with zero attached hydrogens (tertiary/aromatic N) is 2. The Morgan fingerprint density at radius 1 is 1.38 bits per heavy atom. The number of aryl methyl sites for hydroxylation is 1. The molecule has 1 fully saturated rings. The van der Waals surface area contributed by atoms with Gasteiger partial charge in [-0.25, -0.2) is 4.98 Å². The second-order valence-electron chi connectivity index (χ2n) is 5.54. The first-order chi connectivity index (χ1) is 10.3. The topological polar surface area (TPSA) is 36.3 Å². The van der Waals surface area contributed by atoms with Crippen molar-refractivity contribution >= 4 is 22.6 Å². The maximum atomic E-state index is 6.02. The normalized spacial score (nSPS) is 14.8. The minimum atomic E-state index is 0.417. The van der Waals surface area contributed by atoms with E-state index in [9.17, 15) is 0 Å². The average molecular weight is 309 g/mol. The second-order valence-corrected chi connectivity index (χ2v) is 5.81. The van der Waals surface area contributed by atoms with Crippen LogP contribution in [-0.2, 0) is 17.2 Å². The number of hydrogen-bond acceptors (Lipinski definition) is 3. The summed E-state index contributed by atoms with van der Waals surface area (Å²) in [6.45, 7) is 2.58. The van der Waals surface area contributed by atoms with Crippen molar-refractivity contribution in [3.63, 3.8) is 0 Å². The van der Waals surface area contributed by atoms with Crippen LogP contribution in [0.5, 0.6) is 5.75 Å². The van der Waals surface area contributed by atoms with Crippen molar-refractivity contribution in [1.82, 2.24) is 9.55 Å². The zero-order valence-electron chi connectivity index (χ0n) is 12.3. The number of fused-ring (bicyclic) bond motifs is 1. The molecule has 0 aliphatic heterocycles. The number of hydrogen-bond donors (Lipinski definition) is 0. The van der Waals surface area contributed by atoms with Gasteiger partial charge in [0.15, 0.2) is 0 Å². The van der Waals surface area contributed by atoms with E-state index in [1.165, 1.54) is 12.8 Å². The number of aromatic nitrogens is 2. The Morgan fingerprint density at radius 2 is 2.24 bits per heavy atom. The summed E-state index contributed by atoms with van der Waals surface area (Å²) < 4.78 is 13.2. The lowest BCUT2D eigenvalue weighted by Crippen LogP contribution is -2.06. The Labute approximate surface area is 130 Å². The summed E-state index contributed by atoms with van der Waals surface area (Å²) in [7, 11) is 1.68. The molecule has 1 aliphatic carbocycles. The van der Waals surface area contributed by atoms with Crippen molar-refractivity contribution in [1.29, 1.82) is 0 Å². The van der Waals surface area contributed by atoms with Crippen molar-refractivity contribution in [2.75, 3.05) is 20.3 Å². The van der Waals surface area contributed by atoms with Gasteiger partial charge in [-0.2, -0.15) is 0 Å². The van der Waals surface area contributed by atoms with Gasteiger partial charge in [0.25, 0.3) is 0 Å². The number of halogens is 1. The summed E-state index contributed by atoms with van der Waals surface area (Å²) in [4.78, 5) is 4.58. The Balaban J connectivity index is 1.68. The molecule has 0 bridgehead atoms. The third kappa shape index (κ3) is 3.50. The zero-order chi connectivity index (χ0) is 14.7. The molecule has 5 heteroatoms. The molecule has 114 valence electrons. The molecule has 1 aromatic heterocycles. The standard InChI is InChI=1S/C16H21ClN2O2/c1-20-13-5-6-14-15(9-13)19(16(10-17)18-14)7-2-8-21-11-12-3-4-12/h5-6,9,12H,2-4,7-8,10-11H2,1H3. The lowest BCUT2D eigenvalue weighted by atomic mass is 10.3. The van der Waals surface area contributed by atoms with Crippen molar-refractivity contribution in [2.24, 2.45) is 5.92 Å². The van der Waals surface area contributed by atoms with Crippen molar-refractivity contribution in [3.05, 3.63) is 24.0 Å². The van der Waals surface area contributed by atoms with Crippen LogP contribution in [0.3, 0.4) is 0 Å². The summed E-state index contributed by atoms with van der Waals surface area (Å²) in [5.74, 6) is 2.98. The molecule has 1 aromatic carbocycles. The molecule has 0 amide bonds. The molecule has 0 saturated heterocycles. The second kappa shape index (κ2) is 6.67. The number of imidazole rings is 1. The van der Waals surface area contributed by atoms with Crippen molar-refractivity contribution in [3.8, 4) is 5.75 Å². The first-order valence-corrected chi connectivity index (χ1v) is 8.02. The summed E-state index contributed by atoms with van der Waals surface area (Å²) in [6, 6.07) is 5.92. The van der Waals surface area contributed by atoms with Gasteiger partial charge in [-0.05, 0) is 37.3 Å². The summed E-state index contributed by atoms with van der Waals surface area (Å²) in [6.07, 6.45) is 3.64. The lowest BCUT2D eigenvalue weighted by Gasteiger charge is -2.09. The predicted octanol–water partition coefficient (Wildman–Crippen LogP) is 3.60.